The van der Waals surface area contributed by atoms with Crippen molar-refractivity contribution in [2.75, 3.05) is 42.3 Å². The van der Waals surface area contributed by atoms with Crippen LogP contribution in [0.4, 0.5) is 16.6 Å². The van der Waals surface area contributed by atoms with Crippen LogP contribution in [0.15, 0.2) is 11.6 Å². The minimum absolute atomic E-state index is 0.251. The van der Waals surface area contributed by atoms with Gasteiger partial charge in [0.15, 0.2) is 5.13 Å². The summed E-state index contributed by atoms with van der Waals surface area (Å²) in [7, 11) is 0. The van der Waals surface area contributed by atoms with Gasteiger partial charge in [-0.05, 0) is 19.4 Å². The number of carbonyl (C=O) groups excluding carboxylic acids is 1. The molecule has 0 aliphatic carbocycles. The first-order chi connectivity index (χ1) is 14.4. The summed E-state index contributed by atoms with van der Waals surface area (Å²) in [6.45, 7) is 7.56. The summed E-state index contributed by atoms with van der Waals surface area (Å²) in [6.07, 6.45) is 2.37. The van der Waals surface area contributed by atoms with Gasteiger partial charge < -0.3 is 20.1 Å². The predicted octanol–water partition coefficient (Wildman–Crippen LogP) is 3.28. The summed E-state index contributed by atoms with van der Waals surface area (Å²) in [5, 5.41) is 6.09. The van der Waals surface area contributed by atoms with E-state index in [9.17, 15) is 4.79 Å². The fourth-order valence-corrected chi connectivity index (χ4v) is 5.53. The van der Waals surface area contributed by atoms with E-state index in [1.54, 1.807) is 6.20 Å². The van der Waals surface area contributed by atoms with Crippen molar-refractivity contribution >= 4 is 55.4 Å². The molecule has 30 heavy (non-hydrogen) atoms. The van der Waals surface area contributed by atoms with Gasteiger partial charge in [0.1, 0.15) is 15.5 Å². The Labute approximate surface area is 182 Å². The number of nitrogens with one attached hydrogen (secondary N) is 1. The van der Waals surface area contributed by atoms with Crippen molar-refractivity contribution in [3.8, 4) is 0 Å². The zero-order valence-electron chi connectivity index (χ0n) is 16.9. The Morgan fingerprint density at radius 3 is 2.83 bits per heavy atom. The average Bonchev–Trinajstić information content (AvgIpc) is 3.35. The minimum atomic E-state index is -0.304. The fraction of sp³-hybridized carbons (Fsp3) is 0.450. The van der Waals surface area contributed by atoms with Crippen molar-refractivity contribution in [2.45, 2.75) is 32.5 Å². The van der Waals surface area contributed by atoms with Gasteiger partial charge in [-0.2, -0.15) is 0 Å². The smallest absolute Gasteiger partial charge is 0.269 e. The molecule has 1 fully saturated rings. The average molecular weight is 446 g/mol. The Hall–Kier alpha value is -2.27. The molecule has 0 aromatic carbocycles. The molecule has 0 spiro atoms. The van der Waals surface area contributed by atoms with Crippen LogP contribution in [0.3, 0.4) is 0 Å². The molecule has 5 heterocycles. The van der Waals surface area contributed by atoms with Crippen molar-refractivity contribution in [3.63, 3.8) is 0 Å². The van der Waals surface area contributed by atoms with E-state index in [1.807, 2.05) is 5.38 Å². The van der Waals surface area contributed by atoms with Gasteiger partial charge in [-0.15, -0.1) is 22.7 Å². The van der Waals surface area contributed by atoms with Gasteiger partial charge in [-0.25, -0.2) is 9.97 Å². The van der Waals surface area contributed by atoms with Gasteiger partial charge in [0.05, 0.1) is 31.1 Å². The number of fused-ring (bicyclic) bond motifs is 3. The Morgan fingerprint density at radius 1 is 1.30 bits per heavy atom. The molecule has 3 N–H and O–H groups in total. The number of rotatable bonds is 3. The predicted molar refractivity (Wildman–Crippen MR) is 120 cm³/mol. The lowest BCUT2D eigenvalue weighted by Gasteiger charge is -2.36. The van der Waals surface area contributed by atoms with E-state index < -0.39 is 0 Å². The Morgan fingerprint density at radius 2 is 2.10 bits per heavy atom. The molecule has 0 unspecified atom stereocenters. The highest BCUT2D eigenvalue weighted by Gasteiger charge is 2.34. The highest BCUT2D eigenvalue weighted by atomic mass is 32.1. The van der Waals surface area contributed by atoms with E-state index in [4.69, 9.17) is 20.2 Å². The zero-order valence-corrected chi connectivity index (χ0v) is 18.5. The molecule has 3 aromatic heterocycles. The summed E-state index contributed by atoms with van der Waals surface area (Å²) in [5.41, 5.74) is 8.92. The molecule has 2 aliphatic heterocycles. The van der Waals surface area contributed by atoms with Crippen molar-refractivity contribution < 1.29 is 14.3 Å². The fourth-order valence-electron chi connectivity index (χ4n) is 3.99. The van der Waals surface area contributed by atoms with Crippen LogP contribution in [0.1, 0.15) is 34.6 Å². The first-order valence-corrected chi connectivity index (χ1v) is 11.5. The van der Waals surface area contributed by atoms with Crippen LogP contribution in [-0.2, 0) is 22.5 Å². The van der Waals surface area contributed by atoms with Crippen molar-refractivity contribution in [1.29, 1.82) is 0 Å². The lowest BCUT2D eigenvalue weighted by atomic mass is 9.89. The summed E-state index contributed by atoms with van der Waals surface area (Å²) >= 11 is 2.71. The maximum absolute atomic E-state index is 12.9. The number of carbonyl (C=O) groups is 1. The lowest BCUT2D eigenvalue weighted by Crippen LogP contribution is -2.39. The molecule has 3 aromatic rings. The number of hydrogen-bond acceptors (Lipinski definition) is 9. The number of nitrogen functional groups attached to an aromatic ring is 1. The number of thiazole rings is 1. The molecule has 10 heteroatoms. The topological polar surface area (TPSA) is 103 Å². The van der Waals surface area contributed by atoms with Crippen LogP contribution in [0.2, 0.25) is 0 Å². The Kier molecular flexibility index (Phi) is 4.89. The molecule has 158 valence electrons. The van der Waals surface area contributed by atoms with E-state index in [1.165, 1.54) is 22.7 Å². The zero-order chi connectivity index (χ0) is 20.9. The van der Waals surface area contributed by atoms with E-state index >= 15 is 0 Å². The maximum atomic E-state index is 12.9. The van der Waals surface area contributed by atoms with Gasteiger partial charge in [0, 0.05) is 42.0 Å². The van der Waals surface area contributed by atoms with Gasteiger partial charge >= 0.3 is 0 Å². The molecular weight excluding hydrogens is 422 g/mol. The number of morpholine rings is 1. The summed E-state index contributed by atoms with van der Waals surface area (Å²) < 4.78 is 11.6. The van der Waals surface area contributed by atoms with Crippen LogP contribution in [0.25, 0.3) is 10.2 Å². The van der Waals surface area contributed by atoms with Crippen LogP contribution in [0.5, 0.6) is 0 Å². The maximum Gasteiger partial charge on any atom is 0.269 e. The second-order valence-corrected chi connectivity index (χ2v) is 9.93. The molecule has 8 nitrogen and oxygen atoms in total. The molecule has 1 amide bonds. The van der Waals surface area contributed by atoms with Gasteiger partial charge in [-0.1, -0.05) is 0 Å². The number of nitrogens with two attached hydrogens (primary N) is 1. The molecule has 0 bridgehead atoms. The second kappa shape index (κ2) is 7.45. The third kappa shape index (κ3) is 3.43. The van der Waals surface area contributed by atoms with E-state index in [2.05, 4.69) is 29.0 Å². The first-order valence-electron chi connectivity index (χ1n) is 9.84. The number of nitrogens with zero attached hydrogens (tertiary/aromatic N) is 3. The van der Waals surface area contributed by atoms with Gasteiger partial charge in [0.2, 0.25) is 0 Å². The van der Waals surface area contributed by atoms with Crippen LogP contribution in [0, 0.1) is 0 Å². The number of ether oxygens (including phenoxy) is 2. The molecule has 1 saturated heterocycles. The Balaban J connectivity index is 1.64. The summed E-state index contributed by atoms with van der Waals surface area (Å²) in [5.74, 6) is 0.669. The molecule has 2 aliphatic rings. The lowest BCUT2D eigenvalue weighted by molar-refractivity contribution is -0.0396. The number of aromatic nitrogens is 2. The molecule has 0 atom stereocenters. The number of amides is 1. The normalized spacial score (nSPS) is 18.4. The van der Waals surface area contributed by atoms with E-state index in [0.29, 0.717) is 41.9 Å². The first kappa shape index (κ1) is 19.7. The van der Waals surface area contributed by atoms with Crippen LogP contribution in [-0.4, -0.2) is 47.8 Å². The van der Waals surface area contributed by atoms with Crippen molar-refractivity contribution in [1.82, 2.24) is 9.97 Å². The number of thiophene rings is 1. The molecule has 5 rings (SSSR count). The summed E-state index contributed by atoms with van der Waals surface area (Å²) in [4.78, 5) is 25.5. The third-order valence-electron chi connectivity index (χ3n) is 5.45. The summed E-state index contributed by atoms with van der Waals surface area (Å²) in [6, 6.07) is 0. The Bertz CT molecular complexity index is 1100. The quantitative estimate of drug-likeness (QED) is 0.638. The minimum Gasteiger partial charge on any atom is -0.397 e. The molecule has 0 radical (unpaired) electrons. The van der Waals surface area contributed by atoms with E-state index in [-0.39, 0.29) is 11.5 Å². The van der Waals surface area contributed by atoms with Crippen LogP contribution < -0.4 is 16.0 Å². The monoisotopic (exact) mass is 445 g/mol. The largest absolute Gasteiger partial charge is 0.397 e. The highest BCUT2D eigenvalue weighted by Crippen LogP contribution is 2.43. The van der Waals surface area contributed by atoms with Gasteiger partial charge in [0.25, 0.3) is 5.91 Å². The highest BCUT2D eigenvalue weighted by molar-refractivity contribution is 7.21. The third-order valence-corrected chi connectivity index (χ3v) is 7.24. The number of hydrogen-bond donors (Lipinski definition) is 2. The number of anilines is 3. The van der Waals surface area contributed by atoms with Crippen molar-refractivity contribution in [2.24, 2.45) is 0 Å². The molecule has 0 saturated carbocycles. The van der Waals surface area contributed by atoms with Crippen molar-refractivity contribution in [3.05, 3.63) is 27.6 Å². The SMILES string of the molecule is CC1(C)Cc2c(c(N3CCOCC3)nc3sc(C(=O)Nc4nccs4)c(N)c23)CO1. The van der Waals surface area contributed by atoms with Gasteiger partial charge in [-0.3, -0.25) is 10.1 Å². The standard InChI is InChI=1S/C20H23N5O3S2/c1-20(2)9-11-12(10-28-20)16(25-4-6-27-7-5-25)23-18-13(11)14(21)15(30-18)17(26)24-19-22-3-8-29-19/h3,8H,4-7,9-10,21H2,1-2H3,(H,22,24,26). The number of pyridine rings is 1. The van der Waals surface area contributed by atoms with Crippen LogP contribution >= 0.6 is 22.7 Å². The second-order valence-electron chi connectivity index (χ2n) is 8.03. The van der Waals surface area contributed by atoms with E-state index in [0.717, 1.165) is 40.3 Å². The molecular formula is C20H23N5O3S2.